The van der Waals surface area contributed by atoms with E-state index in [9.17, 15) is 18.0 Å². The lowest BCUT2D eigenvalue weighted by atomic mass is 10.3. The van der Waals surface area contributed by atoms with E-state index < -0.39 is 17.6 Å². The third kappa shape index (κ3) is 3.88. The van der Waals surface area contributed by atoms with Gasteiger partial charge in [0.05, 0.1) is 22.5 Å². The van der Waals surface area contributed by atoms with Crippen LogP contribution in [0.15, 0.2) is 30.6 Å². The molecule has 2 aromatic rings. The topological polar surface area (TPSA) is 72.9 Å². The number of nitrogens with two attached hydrogens (primary N) is 1. The second kappa shape index (κ2) is 5.65. The molecule has 2 rings (SSSR count). The largest absolute Gasteiger partial charge is 0.419 e. The Bertz CT molecular complexity index is 669. The Kier molecular flexibility index (Phi) is 4.08. The number of carbonyl (C=O) groups excluding carboxylic acids is 1. The number of amides is 1. The van der Waals surface area contributed by atoms with Crippen LogP contribution in [0, 0.1) is 0 Å². The third-order valence-corrected chi connectivity index (χ3v) is 2.85. The predicted molar refractivity (Wildman–Crippen MR) is 71.7 cm³/mol. The van der Waals surface area contributed by atoms with Crippen molar-refractivity contribution in [2.45, 2.75) is 12.7 Å². The Morgan fingerprint density at radius 3 is 2.71 bits per heavy atom. The van der Waals surface area contributed by atoms with Gasteiger partial charge in [0, 0.05) is 11.9 Å². The highest BCUT2D eigenvalue weighted by atomic mass is 35.5. The number of halogens is 4. The SMILES string of the molecule is Nc1ccc(NC(=O)Cn2cc(C(F)(F)F)cn2)c(Cl)c1. The van der Waals surface area contributed by atoms with Gasteiger partial charge in [0.25, 0.3) is 0 Å². The number of alkyl halides is 3. The molecule has 0 fully saturated rings. The number of aromatic nitrogens is 2. The number of anilines is 2. The number of nitrogens with zero attached hydrogens (tertiary/aromatic N) is 2. The van der Waals surface area contributed by atoms with Gasteiger partial charge in [-0.25, -0.2) is 0 Å². The van der Waals surface area contributed by atoms with E-state index >= 15 is 0 Å². The molecular formula is C12H10ClF3N4O. The molecule has 0 bridgehead atoms. The van der Waals surface area contributed by atoms with E-state index in [1.807, 2.05) is 0 Å². The fourth-order valence-corrected chi connectivity index (χ4v) is 1.80. The molecule has 0 spiro atoms. The van der Waals surface area contributed by atoms with E-state index in [1.54, 1.807) is 0 Å². The molecule has 21 heavy (non-hydrogen) atoms. The van der Waals surface area contributed by atoms with Crippen LogP contribution < -0.4 is 11.1 Å². The van der Waals surface area contributed by atoms with Gasteiger partial charge >= 0.3 is 6.18 Å². The summed E-state index contributed by atoms with van der Waals surface area (Å²) < 4.78 is 38.1. The van der Waals surface area contributed by atoms with Crippen LogP contribution in [0.2, 0.25) is 5.02 Å². The molecule has 0 saturated carbocycles. The zero-order valence-corrected chi connectivity index (χ0v) is 11.2. The lowest BCUT2D eigenvalue weighted by Gasteiger charge is -2.08. The molecule has 1 aromatic heterocycles. The maximum atomic E-state index is 12.4. The minimum Gasteiger partial charge on any atom is -0.399 e. The number of carbonyl (C=O) groups is 1. The maximum Gasteiger partial charge on any atom is 0.419 e. The summed E-state index contributed by atoms with van der Waals surface area (Å²) in [5.74, 6) is -0.557. The molecule has 9 heteroatoms. The summed E-state index contributed by atoms with van der Waals surface area (Å²) in [6.07, 6.45) is -3.08. The Hall–Kier alpha value is -2.22. The second-order valence-corrected chi connectivity index (χ2v) is 4.62. The molecule has 1 amide bonds. The van der Waals surface area contributed by atoms with Crippen LogP contribution in [-0.4, -0.2) is 15.7 Å². The van der Waals surface area contributed by atoms with Gasteiger partial charge < -0.3 is 11.1 Å². The van der Waals surface area contributed by atoms with E-state index in [1.165, 1.54) is 18.2 Å². The van der Waals surface area contributed by atoms with Gasteiger partial charge in [-0.05, 0) is 18.2 Å². The summed E-state index contributed by atoms with van der Waals surface area (Å²) in [6, 6.07) is 4.49. The lowest BCUT2D eigenvalue weighted by molar-refractivity contribution is -0.137. The van der Waals surface area contributed by atoms with Gasteiger partial charge in [-0.1, -0.05) is 11.6 Å². The first kappa shape index (κ1) is 15.2. The molecule has 112 valence electrons. The summed E-state index contributed by atoms with van der Waals surface area (Å²) in [7, 11) is 0. The number of nitrogen functional groups attached to an aromatic ring is 1. The summed E-state index contributed by atoms with van der Waals surface area (Å²) >= 11 is 5.87. The third-order valence-electron chi connectivity index (χ3n) is 2.53. The molecule has 0 unspecified atom stereocenters. The van der Waals surface area contributed by atoms with Crippen molar-refractivity contribution < 1.29 is 18.0 Å². The van der Waals surface area contributed by atoms with Crippen LogP contribution in [0.1, 0.15) is 5.56 Å². The van der Waals surface area contributed by atoms with Gasteiger partial charge in [0.15, 0.2) is 0 Å². The number of benzene rings is 1. The van der Waals surface area contributed by atoms with Crippen molar-refractivity contribution in [1.29, 1.82) is 0 Å². The summed E-state index contributed by atoms with van der Waals surface area (Å²) in [6.45, 7) is -0.364. The Morgan fingerprint density at radius 1 is 1.43 bits per heavy atom. The van der Waals surface area contributed by atoms with Gasteiger partial charge in [0.2, 0.25) is 5.91 Å². The van der Waals surface area contributed by atoms with E-state index in [4.69, 9.17) is 17.3 Å². The van der Waals surface area contributed by atoms with Crippen LogP contribution in [-0.2, 0) is 17.5 Å². The molecule has 0 saturated heterocycles. The zero-order valence-electron chi connectivity index (χ0n) is 10.5. The number of hydrogen-bond acceptors (Lipinski definition) is 3. The molecule has 0 atom stereocenters. The summed E-state index contributed by atoms with van der Waals surface area (Å²) in [5, 5.41) is 6.18. The quantitative estimate of drug-likeness (QED) is 0.855. The highest BCUT2D eigenvalue weighted by molar-refractivity contribution is 6.34. The smallest absolute Gasteiger partial charge is 0.399 e. The average Bonchev–Trinajstić information content (AvgIpc) is 2.81. The van der Waals surface area contributed by atoms with Crippen LogP contribution in [0.5, 0.6) is 0 Å². The van der Waals surface area contributed by atoms with Crippen molar-refractivity contribution in [2.24, 2.45) is 0 Å². The summed E-state index contributed by atoms with van der Waals surface area (Å²) in [5.41, 5.74) is 5.34. The van der Waals surface area contributed by atoms with Crippen LogP contribution in [0.4, 0.5) is 24.5 Å². The van der Waals surface area contributed by atoms with E-state index in [0.717, 1.165) is 10.9 Å². The first-order chi connectivity index (χ1) is 9.75. The molecule has 0 radical (unpaired) electrons. The van der Waals surface area contributed by atoms with Crippen molar-refractivity contribution in [3.8, 4) is 0 Å². The fourth-order valence-electron chi connectivity index (χ4n) is 1.57. The molecular weight excluding hydrogens is 309 g/mol. The molecule has 1 heterocycles. The van der Waals surface area contributed by atoms with Crippen LogP contribution in [0.25, 0.3) is 0 Å². The van der Waals surface area contributed by atoms with Crippen molar-refractivity contribution in [3.05, 3.63) is 41.2 Å². The van der Waals surface area contributed by atoms with Crippen molar-refractivity contribution in [3.63, 3.8) is 0 Å². The first-order valence-electron chi connectivity index (χ1n) is 5.70. The minimum absolute atomic E-state index is 0.236. The molecule has 1 aromatic carbocycles. The van der Waals surface area contributed by atoms with E-state index in [0.29, 0.717) is 17.6 Å². The highest BCUT2D eigenvalue weighted by Crippen LogP contribution is 2.28. The standard InChI is InChI=1S/C12H10ClF3N4O/c13-9-3-8(17)1-2-10(9)19-11(21)6-20-5-7(4-18-20)12(14,15)16/h1-5H,6,17H2,(H,19,21). The number of rotatable bonds is 3. The average molecular weight is 319 g/mol. The molecule has 0 aliphatic heterocycles. The maximum absolute atomic E-state index is 12.4. The van der Waals surface area contributed by atoms with Gasteiger partial charge in [0.1, 0.15) is 6.54 Å². The second-order valence-electron chi connectivity index (χ2n) is 4.21. The van der Waals surface area contributed by atoms with Gasteiger partial charge in [-0.2, -0.15) is 18.3 Å². The van der Waals surface area contributed by atoms with Gasteiger partial charge in [-0.15, -0.1) is 0 Å². The summed E-state index contributed by atoms with van der Waals surface area (Å²) in [4.78, 5) is 11.7. The Labute approximate surface area is 122 Å². The van der Waals surface area contributed by atoms with Crippen LogP contribution >= 0.6 is 11.6 Å². The predicted octanol–water partition coefficient (Wildman–Crippen LogP) is 2.78. The fraction of sp³-hybridized carbons (Fsp3) is 0.167. The lowest BCUT2D eigenvalue weighted by Crippen LogP contribution is -2.19. The van der Waals surface area contributed by atoms with Crippen molar-refractivity contribution >= 4 is 28.9 Å². The first-order valence-corrected chi connectivity index (χ1v) is 6.08. The minimum atomic E-state index is -4.49. The monoisotopic (exact) mass is 318 g/mol. The number of hydrogen-bond donors (Lipinski definition) is 2. The van der Waals surface area contributed by atoms with E-state index in [2.05, 4.69) is 10.4 Å². The normalized spacial score (nSPS) is 11.4. The Morgan fingerprint density at radius 2 is 2.14 bits per heavy atom. The molecule has 3 N–H and O–H groups in total. The molecule has 5 nitrogen and oxygen atoms in total. The molecule has 0 aliphatic rings. The zero-order chi connectivity index (χ0) is 15.6. The molecule has 0 aliphatic carbocycles. The van der Waals surface area contributed by atoms with Gasteiger partial charge in [-0.3, -0.25) is 9.48 Å². The Balaban J connectivity index is 2.03. The van der Waals surface area contributed by atoms with E-state index in [-0.39, 0.29) is 11.6 Å². The van der Waals surface area contributed by atoms with Crippen molar-refractivity contribution in [1.82, 2.24) is 9.78 Å². The highest BCUT2D eigenvalue weighted by Gasteiger charge is 2.32. The van der Waals surface area contributed by atoms with Crippen LogP contribution in [0.3, 0.4) is 0 Å². The number of nitrogens with one attached hydrogen (secondary N) is 1. The van der Waals surface area contributed by atoms with Crippen molar-refractivity contribution in [2.75, 3.05) is 11.1 Å².